The fourth-order valence-corrected chi connectivity index (χ4v) is 3.35. The molecule has 2 amide bonds. The molecule has 0 aliphatic rings. The minimum Gasteiger partial charge on any atom is -0.497 e. The Kier molecular flexibility index (Phi) is 9.00. The summed E-state index contributed by atoms with van der Waals surface area (Å²) in [5, 5.41) is 3.51. The second-order valence-corrected chi connectivity index (χ2v) is 7.33. The lowest BCUT2D eigenvalue weighted by atomic mass is 10.1. The Morgan fingerprint density at radius 2 is 1.83 bits per heavy atom. The van der Waals surface area contributed by atoms with Crippen LogP contribution in [0.4, 0.5) is 0 Å². The summed E-state index contributed by atoms with van der Waals surface area (Å²) in [6, 6.07) is 14.2. The Hall–Kier alpha value is -2.53. The molecule has 0 bridgehead atoms. The molecule has 0 saturated carbocycles. The monoisotopic (exact) mass is 416 g/mol. The third-order valence-electron chi connectivity index (χ3n) is 4.69. The normalized spacial score (nSPS) is 11.6. The third-order valence-corrected chi connectivity index (χ3v) is 4.93. The van der Waals surface area contributed by atoms with Crippen LogP contribution in [-0.4, -0.2) is 36.4 Å². The van der Waals surface area contributed by atoms with Crippen molar-refractivity contribution in [3.05, 3.63) is 64.7 Å². The summed E-state index contributed by atoms with van der Waals surface area (Å²) in [5.74, 6) is 0.516. The predicted octanol–water partition coefficient (Wildman–Crippen LogP) is 4.22. The standard InChI is InChI=1S/C23H29ClN2O3/c1-4-13-25-23(28)21(5-2)26(16-17-9-11-20(29-3)12-10-17)22(27)15-18-7-6-8-19(24)14-18/h6-12,14,21H,4-5,13,15-16H2,1-3H3,(H,25,28)/t21-/m0/s1. The van der Waals surface area contributed by atoms with Crippen LogP contribution in [0.25, 0.3) is 0 Å². The minimum atomic E-state index is -0.532. The molecule has 1 N–H and O–H groups in total. The minimum absolute atomic E-state index is 0.110. The van der Waals surface area contributed by atoms with Gasteiger partial charge in [0, 0.05) is 18.1 Å². The number of carbonyl (C=O) groups is 2. The molecule has 156 valence electrons. The second kappa shape index (κ2) is 11.5. The zero-order valence-corrected chi connectivity index (χ0v) is 18.0. The highest BCUT2D eigenvalue weighted by Gasteiger charge is 2.28. The van der Waals surface area contributed by atoms with E-state index in [-0.39, 0.29) is 18.2 Å². The fourth-order valence-electron chi connectivity index (χ4n) is 3.14. The Labute approximate surface area is 178 Å². The number of carbonyl (C=O) groups excluding carboxylic acids is 2. The van der Waals surface area contributed by atoms with Gasteiger partial charge in [-0.15, -0.1) is 0 Å². The molecule has 0 radical (unpaired) electrons. The van der Waals surface area contributed by atoms with Crippen molar-refractivity contribution in [2.45, 2.75) is 45.7 Å². The second-order valence-electron chi connectivity index (χ2n) is 6.89. The number of halogens is 1. The van der Waals surface area contributed by atoms with Crippen molar-refractivity contribution in [2.75, 3.05) is 13.7 Å². The molecule has 0 aliphatic heterocycles. The van der Waals surface area contributed by atoms with Crippen LogP contribution < -0.4 is 10.1 Å². The van der Waals surface area contributed by atoms with Gasteiger partial charge in [0.1, 0.15) is 11.8 Å². The molecular formula is C23H29ClN2O3. The summed E-state index contributed by atoms with van der Waals surface area (Å²) in [4.78, 5) is 27.6. The number of methoxy groups -OCH3 is 1. The zero-order chi connectivity index (χ0) is 21.2. The molecular weight excluding hydrogens is 388 g/mol. The molecule has 0 heterocycles. The van der Waals surface area contributed by atoms with Crippen molar-refractivity contribution < 1.29 is 14.3 Å². The number of ether oxygens (including phenoxy) is 1. The number of benzene rings is 2. The molecule has 0 spiro atoms. The van der Waals surface area contributed by atoms with Crippen molar-refractivity contribution in [3.63, 3.8) is 0 Å². The third kappa shape index (κ3) is 6.79. The lowest BCUT2D eigenvalue weighted by molar-refractivity contribution is -0.140. The molecule has 0 saturated heterocycles. The van der Waals surface area contributed by atoms with Crippen LogP contribution in [0, 0.1) is 0 Å². The zero-order valence-electron chi connectivity index (χ0n) is 17.3. The van der Waals surface area contributed by atoms with Crippen LogP contribution >= 0.6 is 11.6 Å². The summed E-state index contributed by atoms with van der Waals surface area (Å²) in [6.45, 7) is 4.86. The highest BCUT2D eigenvalue weighted by Crippen LogP contribution is 2.18. The number of rotatable bonds is 10. The lowest BCUT2D eigenvalue weighted by Crippen LogP contribution is -2.49. The first kappa shape index (κ1) is 22.8. The van der Waals surface area contributed by atoms with E-state index in [1.807, 2.05) is 50.2 Å². The van der Waals surface area contributed by atoms with Crippen molar-refractivity contribution >= 4 is 23.4 Å². The van der Waals surface area contributed by atoms with Gasteiger partial charge in [-0.2, -0.15) is 0 Å². The molecule has 2 aromatic rings. The van der Waals surface area contributed by atoms with Gasteiger partial charge in [0.05, 0.1) is 13.5 Å². The first-order valence-corrected chi connectivity index (χ1v) is 10.3. The van der Waals surface area contributed by atoms with Gasteiger partial charge in [0.2, 0.25) is 11.8 Å². The molecule has 1 atom stereocenters. The first-order valence-electron chi connectivity index (χ1n) is 9.93. The van der Waals surface area contributed by atoms with Gasteiger partial charge in [-0.05, 0) is 48.2 Å². The summed E-state index contributed by atoms with van der Waals surface area (Å²) in [5.41, 5.74) is 1.76. The average Bonchev–Trinajstić information content (AvgIpc) is 2.72. The van der Waals surface area contributed by atoms with Crippen LogP contribution in [0.2, 0.25) is 5.02 Å². The maximum absolute atomic E-state index is 13.2. The van der Waals surface area contributed by atoms with E-state index in [1.54, 1.807) is 24.1 Å². The molecule has 0 fully saturated rings. The van der Waals surface area contributed by atoms with Crippen molar-refractivity contribution in [3.8, 4) is 5.75 Å². The maximum atomic E-state index is 13.2. The average molecular weight is 417 g/mol. The van der Waals surface area contributed by atoms with E-state index in [1.165, 1.54) is 0 Å². The summed E-state index contributed by atoms with van der Waals surface area (Å²) >= 11 is 6.06. The van der Waals surface area contributed by atoms with E-state index < -0.39 is 6.04 Å². The van der Waals surface area contributed by atoms with Crippen molar-refractivity contribution in [1.29, 1.82) is 0 Å². The molecule has 2 rings (SSSR count). The fraction of sp³-hybridized carbons (Fsp3) is 0.391. The molecule has 6 heteroatoms. The number of nitrogens with zero attached hydrogens (tertiary/aromatic N) is 1. The molecule has 5 nitrogen and oxygen atoms in total. The van der Waals surface area contributed by atoms with E-state index in [0.29, 0.717) is 24.5 Å². The lowest BCUT2D eigenvalue weighted by Gasteiger charge is -2.31. The Morgan fingerprint density at radius 3 is 2.41 bits per heavy atom. The van der Waals surface area contributed by atoms with Crippen LogP contribution in [-0.2, 0) is 22.6 Å². The number of hydrogen-bond acceptors (Lipinski definition) is 3. The van der Waals surface area contributed by atoms with Crippen LogP contribution in [0.1, 0.15) is 37.8 Å². The van der Waals surface area contributed by atoms with Gasteiger partial charge in [-0.25, -0.2) is 0 Å². The largest absolute Gasteiger partial charge is 0.497 e. The number of hydrogen-bond donors (Lipinski definition) is 1. The Bertz CT molecular complexity index is 808. The van der Waals surface area contributed by atoms with Crippen LogP contribution in [0.3, 0.4) is 0 Å². The van der Waals surface area contributed by atoms with Gasteiger partial charge >= 0.3 is 0 Å². The van der Waals surface area contributed by atoms with E-state index in [9.17, 15) is 9.59 Å². The summed E-state index contributed by atoms with van der Waals surface area (Å²) in [6.07, 6.45) is 1.57. The van der Waals surface area contributed by atoms with Gasteiger partial charge in [-0.1, -0.05) is 49.7 Å². The SMILES string of the molecule is CCCNC(=O)[C@H](CC)N(Cc1ccc(OC)cc1)C(=O)Cc1cccc(Cl)c1. The molecule has 0 unspecified atom stereocenters. The van der Waals surface area contributed by atoms with Gasteiger partial charge in [0.25, 0.3) is 0 Å². The quantitative estimate of drug-likeness (QED) is 0.630. The van der Waals surface area contributed by atoms with E-state index >= 15 is 0 Å². The topological polar surface area (TPSA) is 58.6 Å². The highest BCUT2D eigenvalue weighted by atomic mass is 35.5. The number of amides is 2. The molecule has 29 heavy (non-hydrogen) atoms. The van der Waals surface area contributed by atoms with Gasteiger partial charge in [0.15, 0.2) is 0 Å². The number of nitrogens with one attached hydrogen (secondary N) is 1. The van der Waals surface area contributed by atoms with E-state index in [0.717, 1.165) is 23.3 Å². The summed E-state index contributed by atoms with van der Waals surface area (Å²) in [7, 11) is 1.61. The Balaban J connectivity index is 2.26. The van der Waals surface area contributed by atoms with E-state index in [4.69, 9.17) is 16.3 Å². The first-order chi connectivity index (χ1) is 14.0. The van der Waals surface area contributed by atoms with Gasteiger partial charge < -0.3 is 15.0 Å². The van der Waals surface area contributed by atoms with Gasteiger partial charge in [-0.3, -0.25) is 9.59 Å². The molecule has 2 aromatic carbocycles. The van der Waals surface area contributed by atoms with Crippen LogP contribution in [0.5, 0.6) is 5.75 Å². The Morgan fingerprint density at radius 1 is 1.10 bits per heavy atom. The molecule has 0 aromatic heterocycles. The van der Waals surface area contributed by atoms with Crippen molar-refractivity contribution in [2.24, 2.45) is 0 Å². The maximum Gasteiger partial charge on any atom is 0.242 e. The van der Waals surface area contributed by atoms with Crippen LogP contribution in [0.15, 0.2) is 48.5 Å². The highest BCUT2D eigenvalue weighted by molar-refractivity contribution is 6.30. The predicted molar refractivity (Wildman–Crippen MR) is 116 cm³/mol. The van der Waals surface area contributed by atoms with Crippen molar-refractivity contribution in [1.82, 2.24) is 10.2 Å². The van der Waals surface area contributed by atoms with E-state index in [2.05, 4.69) is 5.32 Å². The molecule has 0 aliphatic carbocycles. The smallest absolute Gasteiger partial charge is 0.242 e. The summed E-state index contributed by atoms with van der Waals surface area (Å²) < 4.78 is 5.21.